The van der Waals surface area contributed by atoms with Gasteiger partial charge >= 0.3 is 6.03 Å². The molecule has 0 bridgehead atoms. The first kappa shape index (κ1) is 24.4. The summed E-state index contributed by atoms with van der Waals surface area (Å²) in [5.74, 6) is 0.450. The van der Waals surface area contributed by atoms with Crippen molar-refractivity contribution in [3.8, 4) is 5.75 Å². The summed E-state index contributed by atoms with van der Waals surface area (Å²) < 4.78 is 10.9. The number of nitrogens with zero attached hydrogens (tertiary/aromatic N) is 1. The van der Waals surface area contributed by atoms with Gasteiger partial charge in [-0.3, -0.25) is 4.79 Å². The minimum absolute atomic E-state index is 0.154. The van der Waals surface area contributed by atoms with Gasteiger partial charge in [-0.1, -0.05) is 12.1 Å². The van der Waals surface area contributed by atoms with Crippen molar-refractivity contribution in [1.29, 1.82) is 0 Å². The predicted molar refractivity (Wildman–Crippen MR) is 132 cm³/mol. The number of nitrogens with one attached hydrogen (secondary N) is 3. The molecule has 1 saturated heterocycles. The summed E-state index contributed by atoms with van der Waals surface area (Å²) >= 11 is 0. The third-order valence-corrected chi connectivity index (χ3v) is 5.34. The summed E-state index contributed by atoms with van der Waals surface area (Å²) in [5, 5.41) is 8.62. The first-order valence-electron chi connectivity index (χ1n) is 11.7. The van der Waals surface area contributed by atoms with E-state index in [1.54, 1.807) is 18.2 Å². The molecule has 1 heterocycles. The Morgan fingerprint density at radius 3 is 2.55 bits per heavy atom. The number of amides is 3. The van der Waals surface area contributed by atoms with Gasteiger partial charge in [-0.2, -0.15) is 0 Å². The van der Waals surface area contributed by atoms with Crippen LogP contribution in [0.15, 0.2) is 42.5 Å². The van der Waals surface area contributed by atoms with Crippen molar-refractivity contribution in [3.63, 3.8) is 0 Å². The van der Waals surface area contributed by atoms with Gasteiger partial charge in [0.1, 0.15) is 5.75 Å². The highest BCUT2D eigenvalue weighted by molar-refractivity contribution is 6.04. The Labute approximate surface area is 195 Å². The lowest BCUT2D eigenvalue weighted by Gasteiger charge is -2.22. The van der Waals surface area contributed by atoms with Gasteiger partial charge in [-0.15, -0.1) is 0 Å². The molecule has 3 N–H and O–H groups in total. The van der Waals surface area contributed by atoms with Gasteiger partial charge in [0.05, 0.1) is 17.9 Å². The van der Waals surface area contributed by atoms with Crippen molar-refractivity contribution in [3.05, 3.63) is 48.0 Å². The minimum atomic E-state index is -0.404. The van der Waals surface area contributed by atoms with Crippen molar-refractivity contribution >= 4 is 29.0 Å². The number of urea groups is 1. The number of rotatable bonds is 11. The predicted octanol–water partition coefficient (Wildman–Crippen LogP) is 4.49. The van der Waals surface area contributed by atoms with E-state index in [0.717, 1.165) is 38.0 Å². The molecular weight excluding hydrogens is 420 g/mol. The lowest BCUT2D eigenvalue weighted by Crippen LogP contribution is -2.29. The quantitative estimate of drug-likeness (QED) is 0.435. The van der Waals surface area contributed by atoms with Crippen LogP contribution in [0, 0.1) is 0 Å². The van der Waals surface area contributed by atoms with Gasteiger partial charge in [0.25, 0.3) is 5.91 Å². The van der Waals surface area contributed by atoms with Crippen molar-refractivity contribution in [2.75, 3.05) is 55.0 Å². The fraction of sp³-hybridized carbons (Fsp3) is 0.440. The van der Waals surface area contributed by atoms with E-state index < -0.39 is 6.03 Å². The van der Waals surface area contributed by atoms with Crippen molar-refractivity contribution in [2.24, 2.45) is 0 Å². The van der Waals surface area contributed by atoms with Crippen LogP contribution in [0.3, 0.4) is 0 Å². The molecule has 0 spiro atoms. The highest BCUT2D eigenvalue weighted by Crippen LogP contribution is 2.28. The van der Waals surface area contributed by atoms with Gasteiger partial charge in [0.15, 0.2) is 0 Å². The molecule has 33 heavy (non-hydrogen) atoms. The first-order chi connectivity index (χ1) is 16.1. The number of hydrogen-bond acceptors (Lipinski definition) is 5. The molecule has 3 amide bonds. The fourth-order valence-corrected chi connectivity index (χ4v) is 3.78. The molecule has 1 aliphatic rings. The Kier molecular flexibility index (Phi) is 9.38. The molecule has 0 unspecified atom stereocenters. The van der Waals surface area contributed by atoms with E-state index in [0.29, 0.717) is 49.1 Å². The maximum absolute atomic E-state index is 13.0. The molecule has 2 aromatic rings. The maximum atomic E-state index is 13.0. The van der Waals surface area contributed by atoms with Gasteiger partial charge < -0.3 is 30.3 Å². The molecule has 0 aliphatic carbocycles. The molecule has 1 fully saturated rings. The van der Waals surface area contributed by atoms with Crippen LogP contribution >= 0.6 is 0 Å². The number of ether oxygens (including phenoxy) is 2. The Bertz CT molecular complexity index is 928. The van der Waals surface area contributed by atoms with Gasteiger partial charge in [0, 0.05) is 44.2 Å². The third-order valence-electron chi connectivity index (χ3n) is 5.34. The first-order valence-corrected chi connectivity index (χ1v) is 11.7. The van der Waals surface area contributed by atoms with Crippen molar-refractivity contribution in [1.82, 2.24) is 5.32 Å². The SMILES string of the molecule is CCOCCCNC(=O)c1cc(NC(=O)Nc2ccccc2OCC)ccc1N1CCCC1. The monoisotopic (exact) mass is 454 g/mol. The van der Waals surface area contributed by atoms with Gasteiger partial charge in [-0.05, 0) is 63.4 Å². The lowest BCUT2D eigenvalue weighted by molar-refractivity contribution is 0.0944. The fourth-order valence-electron chi connectivity index (χ4n) is 3.78. The van der Waals surface area contributed by atoms with E-state index in [-0.39, 0.29) is 5.91 Å². The number of carbonyl (C=O) groups excluding carboxylic acids is 2. The van der Waals surface area contributed by atoms with Gasteiger partial charge in [-0.25, -0.2) is 4.79 Å². The smallest absolute Gasteiger partial charge is 0.323 e. The molecule has 8 nitrogen and oxygen atoms in total. The number of para-hydroxylation sites is 2. The molecule has 3 rings (SSSR count). The van der Waals surface area contributed by atoms with Crippen LogP contribution in [0.1, 0.15) is 43.5 Å². The highest BCUT2D eigenvalue weighted by Gasteiger charge is 2.20. The summed E-state index contributed by atoms with van der Waals surface area (Å²) in [5.41, 5.74) is 2.57. The largest absolute Gasteiger partial charge is 0.492 e. The number of benzene rings is 2. The molecule has 0 atom stereocenters. The maximum Gasteiger partial charge on any atom is 0.323 e. The third kappa shape index (κ3) is 7.12. The summed E-state index contributed by atoms with van der Waals surface area (Å²) in [6, 6.07) is 12.3. The second kappa shape index (κ2) is 12.7. The molecule has 2 aromatic carbocycles. The molecule has 178 valence electrons. The molecule has 1 aliphatic heterocycles. The van der Waals surface area contributed by atoms with E-state index >= 15 is 0 Å². The molecule has 8 heteroatoms. The Morgan fingerprint density at radius 2 is 1.79 bits per heavy atom. The van der Waals surface area contributed by atoms with Crippen LogP contribution in [-0.4, -0.2) is 51.4 Å². The summed E-state index contributed by atoms with van der Waals surface area (Å²) in [7, 11) is 0. The summed E-state index contributed by atoms with van der Waals surface area (Å²) in [6.45, 7) is 8.00. The van der Waals surface area contributed by atoms with Crippen molar-refractivity contribution < 1.29 is 19.1 Å². The van der Waals surface area contributed by atoms with Gasteiger partial charge in [0.2, 0.25) is 0 Å². The second-order valence-corrected chi connectivity index (χ2v) is 7.74. The van der Waals surface area contributed by atoms with Crippen LogP contribution in [0.5, 0.6) is 5.75 Å². The number of carbonyl (C=O) groups is 2. The lowest BCUT2D eigenvalue weighted by atomic mass is 10.1. The normalized spacial score (nSPS) is 13.0. The minimum Gasteiger partial charge on any atom is -0.492 e. The Morgan fingerprint density at radius 1 is 1.00 bits per heavy atom. The highest BCUT2D eigenvalue weighted by atomic mass is 16.5. The molecular formula is C25H34N4O4. The van der Waals surface area contributed by atoms with Crippen LogP contribution in [0.2, 0.25) is 0 Å². The molecule has 0 aromatic heterocycles. The summed E-state index contributed by atoms with van der Waals surface area (Å²) in [6.07, 6.45) is 2.96. The Hall–Kier alpha value is -3.26. The zero-order chi connectivity index (χ0) is 23.5. The number of hydrogen-bond donors (Lipinski definition) is 3. The van der Waals surface area contributed by atoms with E-state index in [1.165, 1.54) is 0 Å². The van der Waals surface area contributed by atoms with E-state index in [4.69, 9.17) is 9.47 Å². The van der Waals surface area contributed by atoms with Crippen LogP contribution in [0.4, 0.5) is 21.9 Å². The van der Waals surface area contributed by atoms with Crippen LogP contribution in [0.25, 0.3) is 0 Å². The molecule has 0 radical (unpaired) electrons. The average Bonchev–Trinajstić information content (AvgIpc) is 3.35. The topological polar surface area (TPSA) is 91.9 Å². The van der Waals surface area contributed by atoms with Crippen LogP contribution in [-0.2, 0) is 4.74 Å². The molecule has 0 saturated carbocycles. The van der Waals surface area contributed by atoms with Crippen LogP contribution < -0.4 is 25.6 Å². The zero-order valence-corrected chi connectivity index (χ0v) is 19.5. The standard InChI is InChI=1S/C25H34N4O4/c1-3-32-17-9-14-26-24(30)20-18-19(12-13-22(20)29-15-7-8-16-29)27-25(31)28-21-10-5-6-11-23(21)33-4-2/h5-6,10-13,18H,3-4,7-9,14-17H2,1-2H3,(H,26,30)(H2,27,28,31). The number of anilines is 3. The van der Waals surface area contributed by atoms with Crippen molar-refractivity contribution in [2.45, 2.75) is 33.1 Å². The summed E-state index contributed by atoms with van der Waals surface area (Å²) in [4.78, 5) is 27.8. The van der Waals surface area contributed by atoms with E-state index in [1.807, 2.05) is 38.1 Å². The second-order valence-electron chi connectivity index (χ2n) is 7.74. The Balaban J connectivity index is 1.71. The van der Waals surface area contributed by atoms with E-state index in [9.17, 15) is 9.59 Å². The average molecular weight is 455 g/mol. The van der Waals surface area contributed by atoms with E-state index in [2.05, 4.69) is 20.9 Å². The zero-order valence-electron chi connectivity index (χ0n) is 19.5.